The van der Waals surface area contributed by atoms with E-state index in [9.17, 15) is 13.2 Å². The molecule has 0 radical (unpaired) electrons. The third-order valence-electron chi connectivity index (χ3n) is 7.53. The SMILES string of the molecule is COc1ccc(S(=O)(=O)N[C@@H](Cc2ccccc2)C(=O)N2CCN(C(c3ccccc3)c3ccccc3)CC2)cc1Cl. The number of hydrogen-bond donors (Lipinski definition) is 1. The van der Waals surface area contributed by atoms with E-state index >= 15 is 0 Å². The van der Waals surface area contributed by atoms with E-state index in [1.165, 1.54) is 36.4 Å². The van der Waals surface area contributed by atoms with Gasteiger partial charge in [0.25, 0.3) is 0 Å². The summed E-state index contributed by atoms with van der Waals surface area (Å²) in [6.07, 6.45) is 0.222. The Morgan fingerprint density at radius 3 is 1.90 bits per heavy atom. The molecule has 0 unspecified atom stereocenters. The average Bonchev–Trinajstić information content (AvgIpc) is 3.02. The highest BCUT2D eigenvalue weighted by Gasteiger charge is 2.33. The summed E-state index contributed by atoms with van der Waals surface area (Å²) >= 11 is 6.22. The quantitative estimate of drug-likeness (QED) is 0.271. The minimum atomic E-state index is -4.05. The lowest BCUT2D eigenvalue weighted by atomic mass is 9.96. The van der Waals surface area contributed by atoms with E-state index in [4.69, 9.17) is 16.3 Å². The van der Waals surface area contributed by atoms with Crippen molar-refractivity contribution in [1.82, 2.24) is 14.5 Å². The molecular weight excluding hydrogens is 570 g/mol. The fourth-order valence-electron chi connectivity index (χ4n) is 5.40. The molecule has 0 aromatic heterocycles. The molecule has 7 nitrogen and oxygen atoms in total. The van der Waals surface area contributed by atoms with Crippen LogP contribution in [0.25, 0.3) is 0 Å². The second-order valence-electron chi connectivity index (χ2n) is 10.2. The molecule has 1 N–H and O–H groups in total. The van der Waals surface area contributed by atoms with Crippen molar-refractivity contribution in [3.63, 3.8) is 0 Å². The number of halogens is 1. The molecular formula is C33H34ClN3O4S. The number of piperazine rings is 1. The summed E-state index contributed by atoms with van der Waals surface area (Å²) in [5, 5.41) is 0.175. The van der Waals surface area contributed by atoms with Crippen LogP contribution in [-0.2, 0) is 21.2 Å². The largest absolute Gasteiger partial charge is 0.495 e. The first-order valence-corrected chi connectivity index (χ1v) is 15.7. The van der Waals surface area contributed by atoms with E-state index in [1.54, 1.807) is 4.90 Å². The van der Waals surface area contributed by atoms with Gasteiger partial charge in [0.15, 0.2) is 0 Å². The summed E-state index contributed by atoms with van der Waals surface area (Å²) in [4.78, 5) is 18.0. The van der Waals surface area contributed by atoms with Gasteiger partial charge in [0, 0.05) is 26.2 Å². The Hall–Kier alpha value is -3.69. The molecule has 0 saturated carbocycles. The molecule has 1 saturated heterocycles. The number of carbonyl (C=O) groups is 1. The van der Waals surface area contributed by atoms with Crippen LogP contribution in [0.5, 0.6) is 5.75 Å². The minimum Gasteiger partial charge on any atom is -0.495 e. The van der Waals surface area contributed by atoms with Gasteiger partial charge in [-0.25, -0.2) is 8.42 Å². The summed E-state index contributed by atoms with van der Waals surface area (Å²) in [7, 11) is -2.59. The molecule has 4 aromatic carbocycles. The van der Waals surface area contributed by atoms with Gasteiger partial charge in [-0.3, -0.25) is 9.69 Å². The van der Waals surface area contributed by atoms with Gasteiger partial charge in [-0.1, -0.05) is 103 Å². The van der Waals surface area contributed by atoms with Crippen molar-refractivity contribution < 1.29 is 17.9 Å². The Balaban J connectivity index is 1.35. The van der Waals surface area contributed by atoms with Gasteiger partial charge in [0.2, 0.25) is 15.9 Å². The number of hydrogen-bond acceptors (Lipinski definition) is 5. The fourth-order valence-corrected chi connectivity index (χ4v) is 6.94. The molecule has 0 bridgehead atoms. The standard InChI is InChI=1S/C33H34ClN3O4S/c1-41-31-18-17-28(24-29(31)34)42(39,40)35-30(23-25-11-5-2-6-12-25)33(38)37-21-19-36(20-22-37)32(26-13-7-3-8-14-26)27-15-9-4-10-16-27/h2-18,24,30,32,35H,19-23H2,1H3/t30-/m0/s1. The average molecular weight is 604 g/mol. The van der Waals surface area contributed by atoms with Crippen LogP contribution in [0.4, 0.5) is 0 Å². The van der Waals surface area contributed by atoms with Gasteiger partial charge in [0.05, 0.1) is 23.1 Å². The molecule has 218 valence electrons. The fraction of sp³-hybridized carbons (Fsp3) is 0.242. The number of carbonyl (C=O) groups excluding carboxylic acids is 1. The topological polar surface area (TPSA) is 78.9 Å². The second kappa shape index (κ2) is 13.5. The first kappa shape index (κ1) is 29.8. The normalized spacial score (nSPS) is 15.0. The lowest BCUT2D eigenvalue weighted by Gasteiger charge is -2.40. The number of benzene rings is 4. The number of amides is 1. The number of rotatable bonds is 10. The number of nitrogens with one attached hydrogen (secondary N) is 1. The lowest BCUT2D eigenvalue weighted by Crippen LogP contribution is -2.56. The third kappa shape index (κ3) is 7.02. The zero-order valence-corrected chi connectivity index (χ0v) is 25.0. The maximum Gasteiger partial charge on any atom is 0.241 e. The van der Waals surface area contributed by atoms with Gasteiger partial charge in [0.1, 0.15) is 11.8 Å². The number of sulfonamides is 1. The molecule has 1 fully saturated rings. The van der Waals surface area contributed by atoms with E-state index in [2.05, 4.69) is 33.9 Å². The zero-order valence-electron chi connectivity index (χ0n) is 23.4. The maximum atomic E-state index is 13.9. The Morgan fingerprint density at radius 2 is 1.38 bits per heavy atom. The Bertz CT molecular complexity index is 1540. The molecule has 1 atom stereocenters. The van der Waals surface area contributed by atoms with E-state index < -0.39 is 16.1 Å². The van der Waals surface area contributed by atoms with Crippen molar-refractivity contribution in [3.05, 3.63) is 131 Å². The Kier molecular flexibility index (Phi) is 9.59. The number of ether oxygens (including phenoxy) is 1. The molecule has 5 rings (SSSR count). The molecule has 1 amide bonds. The molecule has 9 heteroatoms. The van der Waals surface area contributed by atoms with Crippen LogP contribution in [0, 0.1) is 0 Å². The highest BCUT2D eigenvalue weighted by Crippen LogP contribution is 2.30. The van der Waals surface area contributed by atoms with Crippen LogP contribution in [0.15, 0.2) is 114 Å². The van der Waals surface area contributed by atoms with Crippen LogP contribution in [-0.4, -0.2) is 63.5 Å². The van der Waals surface area contributed by atoms with Crippen molar-refractivity contribution in [3.8, 4) is 5.75 Å². The maximum absolute atomic E-state index is 13.9. The molecule has 0 aliphatic carbocycles. The van der Waals surface area contributed by atoms with E-state index in [1.807, 2.05) is 66.7 Å². The number of methoxy groups -OCH3 is 1. The van der Waals surface area contributed by atoms with Crippen molar-refractivity contribution in [2.45, 2.75) is 23.4 Å². The van der Waals surface area contributed by atoms with Gasteiger partial charge in [-0.2, -0.15) is 4.72 Å². The Labute approximate surface area is 252 Å². The van der Waals surface area contributed by atoms with Crippen LogP contribution in [0.2, 0.25) is 5.02 Å². The number of nitrogens with zero attached hydrogens (tertiary/aromatic N) is 2. The van der Waals surface area contributed by atoms with E-state index in [-0.39, 0.29) is 28.3 Å². The van der Waals surface area contributed by atoms with Crippen LogP contribution >= 0.6 is 11.6 Å². The van der Waals surface area contributed by atoms with Crippen LogP contribution in [0.3, 0.4) is 0 Å². The van der Waals surface area contributed by atoms with Crippen molar-refractivity contribution in [2.75, 3.05) is 33.3 Å². The minimum absolute atomic E-state index is 0.0301. The van der Waals surface area contributed by atoms with Gasteiger partial charge < -0.3 is 9.64 Å². The van der Waals surface area contributed by atoms with Crippen molar-refractivity contribution in [1.29, 1.82) is 0 Å². The van der Waals surface area contributed by atoms with Gasteiger partial charge >= 0.3 is 0 Å². The molecule has 4 aromatic rings. The van der Waals surface area contributed by atoms with E-state index in [0.717, 1.165) is 5.56 Å². The molecule has 1 aliphatic rings. The third-order valence-corrected chi connectivity index (χ3v) is 9.30. The predicted octanol–water partition coefficient (Wildman–Crippen LogP) is 5.17. The smallest absolute Gasteiger partial charge is 0.241 e. The second-order valence-corrected chi connectivity index (χ2v) is 12.4. The molecule has 0 spiro atoms. The van der Waals surface area contributed by atoms with Gasteiger partial charge in [-0.05, 0) is 41.3 Å². The molecule has 42 heavy (non-hydrogen) atoms. The predicted molar refractivity (Wildman–Crippen MR) is 165 cm³/mol. The lowest BCUT2D eigenvalue weighted by molar-refractivity contribution is -0.135. The highest BCUT2D eigenvalue weighted by molar-refractivity contribution is 7.89. The highest BCUT2D eigenvalue weighted by atomic mass is 35.5. The Morgan fingerprint density at radius 1 is 0.833 bits per heavy atom. The van der Waals surface area contributed by atoms with Gasteiger partial charge in [-0.15, -0.1) is 0 Å². The van der Waals surface area contributed by atoms with Crippen LogP contribution < -0.4 is 9.46 Å². The first-order valence-electron chi connectivity index (χ1n) is 13.9. The monoisotopic (exact) mass is 603 g/mol. The van der Waals surface area contributed by atoms with E-state index in [0.29, 0.717) is 31.9 Å². The summed E-state index contributed by atoms with van der Waals surface area (Å²) in [5.74, 6) is 0.118. The zero-order chi connectivity index (χ0) is 29.5. The summed E-state index contributed by atoms with van der Waals surface area (Å²) in [5.41, 5.74) is 3.24. The first-order chi connectivity index (χ1) is 20.4. The summed E-state index contributed by atoms with van der Waals surface area (Å²) in [6.45, 7) is 2.27. The van der Waals surface area contributed by atoms with Crippen LogP contribution in [0.1, 0.15) is 22.7 Å². The summed E-state index contributed by atoms with van der Waals surface area (Å²) in [6, 6.07) is 33.5. The van der Waals surface area contributed by atoms with Crippen molar-refractivity contribution >= 4 is 27.5 Å². The summed E-state index contributed by atoms with van der Waals surface area (Å²) < 4.78 is 34.7. The molecule has 1 aliphatic heterocycles. The molecule has 1 heterocycles. The van der Waals surface area contributed by atoms with Crippen molar-refractivity contribution in [2.24, 2.45) is 0 Å².